The van der Waals surface area contributed by atoms with Gasteiger partial charge in [0, 0.05) is 35.4 Å². The molecule has 2 aromatic heterocycles. The van der Waals surface area contributed by atoms with Crippen LogP contribution in [0.4, 0.5) is 5.69 Å². The minimum Gasteiger partial charge on any atom is -0.320 e. The maximum Gasteiger partial charge on any atom is 0.275 e. The fourth-order valence-electron chi connectivity index (χ4n) is 1.53. The number of hydrogen-bond donors (Lipinski definition) is 1. The van der Waals surface area contributed by atoms with Gasteiger partial charge in [0.1, 0.15) is 5.69 Å². The van der Waals surface area contributed by atoms with Crippen molar-refractivity contribution in [3.05, 3.63) is 48.3 Å². The predicted molar refractivity (Wildman–Crippen MR) is 72.9 cm³/mol. The summed E-state index contributed by atoms with van der Waals surface area (Å²) >= 11 is 0. The minimum atomic E-state index is -0.279. The van der Waals surface area contributed by atoms with Crippen molar-refractivity contribution in [2.45, 2.75) is 26.2 Å². The molecule has 19 heavy (non-hydrogen) atoms. The Labute approximate surface area is 112 Å². The highest BCUT2D eigenvalue weighted by atomic mass is 16.1. The molecule has 0 saturated heterocycles. The van der Waals surface area contributed by atoms with E-state index >= 15 is 0 Å². The Morgan fingerprint density at radius 3 is 2.58 bits per heavy atom. The summed E-state index contributed by atoms with van der Waals surface area (Å²) in [5, 5.41) is 2.79. The van der Waals surface area contributed by atoms with Gasteiger partial charge in [-0.05, 0) is 12.1 Å². The van der Waals surface area contributed by atoms with E-state index in [2.05, 4.69) is 41.0 Å². The molecule has 0 fully saturated rings. The van der Waals surface area contributed by atoms with Gasteiger partial charge < -0.3 is 5.32 Å². The lowest BCUT2D eigenvalue weighted by Gasteiger charge is -2.18. The van der Waals surface area contributed by atoms with Crippen LogP contribution in [0.2, 0.25) is 0 Å². The van der Waals surface area contributed by atoms with Gasteiger partial charge in [-0.2, -0.15) is 0 Å². The van der Waals surface area contributed by atoms with Crippen molar-refractivity contribution in [3.63, 3.8) is 0 Å². The Balaban J connectivity index is 2.18. The lowest BCUT2D eigenvalue weighted by molar-refractivity contribution is 0.102. The Bertz CT molecular complexity index is 575. The van der Waals surface area contributed by atoms with Gasteiger partial charge in [-0.1, -0.05) is 20.8 Å². The maximum absolute atomic E-state index is 11.9. The Morgan fingerprint density at radius 1 is 1.16 bits per heavy atom. The number of anilines is 1. The zero-order chi connectivity index (χ0) is 13.9. The van der Waals surface area contributed by atoms with Gasteiger partial charge >= 0.3 is 0 Å². The highest BCUT2D eigenvalue weighted by molar-refractivity contribution is 6.02. The summed E-state index contributed by atoms with van der Waals surface area (Å²) in [7, 11) is 0. The SMILES string of the molecule is CC(C)(C)c1cc(NC(=O)c2cnccn2)ccn1. The number of aromatic nitrogens is 3. The van der Waals surface area contributed by atoms with Gasteiger partial charge in [-0.3, -0.25) is 14.8 Å². The van der Waals surface area contributed by atoms with E-state index in [1.54, 1.807) is 12.3 Å². The molecule has 98 valence electrons. The molecule has 0 aliphatic carbocycles. The van der Waals surface area contributed by atoms with Crippen molar-refractivity contribution in [1.29, 1.82) is 0 Å². The average Bonchev–Trinajstić information content (AvgIpc) is 2.39. The first-order valence-corrected chi connectivity index (χ1v) is 6.01. The number of hydrogen-bond acceptors (Lipinski definition) is 4. The van der Waals surface area contributed by atoms with E-state index in [1.807, 2.05) is 6.07 Å². The van der Waals surface area contributed by atoms with E-state index < -0.39 is 0 Å². The molecule has 0 aliphatic heterocycles. The van der Waals surface area contributed by atoms with Crippen LogP contribution in [0.3, 0.4) is 0 Å². The largest absolute Gasteiger partial charge is 0.320 e. The fraction of sp³-hybridized carbons (Fsp3) is 0.286. The number of rotatable bonds is 2. The minimum absolute atomic E-state index is 0.0622. The number of amides is 1. The summed E-state index contributed by atoms with van der Waals surface area (Å²) in [4.78, 5) is 24.1. The monoisotopic (exact) mass is 256 g/mol. The van der Waals surface area contributed by atoms with E-state index in [9.17, 15) is 4.79 Å². The first-order chi connectivity index (χ1) is 8.97. The zero-order valence-corrected chi connectivity index (χ0v) is 11.2. The molecular weight excluding hydrogens is 240 g/mol. The molecule has 1 amide bonds. The third-order valence-corrected chi connectivity index (χ3v) is 2.58. The Morgan fingerprint density at radius 2 is 1.95 bits per heavy atom. The molecule has 0 unspecified atom stereocenters. The number of carbonyl (C=O) groups excluding carboxylic acids is 1. The summed E-state index contributed by atoms with van der Waals surface area (Å²) < 4.78 is 0. The topological polar surface area (TPSA) is 67.8 Å². The normalized spacial score (nSPS) is 11.1. The number of pyridine rings is 1. The molecule has 0 atom stereocenters. The summed E-state index contributed by atoms with van der Waals surface area (Å²) in [6.07, 6.45) is 6.14. The predicted octanol–water partition coefficient (Wildman–Crippen LogP) is 2.42. The fourth-order valence-corrected chi connectivity index (χ4v) is 1.53. The first kappa shape index (κ1) is 13.1. The molecule has 0 bridgehead atoms. The van der Waals surface area contributed by atoms with Crippen molar-refractivity contribution >= 4 is 11.6 Å². The van der Waals surface area contributed by atoms with E-state index in [0.29, 0.717) is 5.69 Å². The van der Waals surface area contributed by atoms with Crippen LogP contribution in [0, 0.1) is 0 Å². The van der Waals surface area contributed by atoms with Crippen LogP contribution in [0.15, 0.2) is 36.9 Å². The molecule has 1 N–H and O–H groups in total. The van der Waals surface area contributed by atoms with Crippen LogP contribution in [-0.2, 0) is 5.41 Å². The molecule has 2 rings (SSSR count). The number of nitrogens with zero attached hydrogens (tertiary/aromatic N) is 3. The molecule has 5 heteroatoms. The van der Waals surface area contributed by atoms with Gasteiger partial charge in [0.15, 0.2) is 0 Å². The molecule has 0 saturated carbocycles. The van der Waals surface area contributed by atoms with Crippen LogP contribution in [0.5, 0.6) is 0 Å². The van der Waals surface area contributed by atoms with Gasteiger partial charge in [0.2, 0.25) is 0 Å². The first-order valence-electron chi connectivity index (χ1n) is 6.01. The summed E-state index contributed by atoms with van der Waals surface area (Å²) in [5.41, 5.74) is 1.85. The molecule has 0 spiro atoms. The van der Waals surface area contributed by atoms with Crippen molar-refractivity contribution in [2.75, 3.05) is 5.32 Å². The highest BCUT2D eigenvalue weighted by Gasteiger charge is 2.16. The maximum atomic E-state index is 11.9. The van der Waals surface area contributed by atoms with Crippen molar-refractivity contribution in [1.82, 2.24) is 15.0 Å². The standard InChI is InChI=1S/C14H16N4O/c1-14(2,3)12-8-10(4-5-17-12)18-13(19)11-9-15-6-7-16-11/h4-9H,1-3H3,(H,17,18,19). The van der Waals surface area contributed by atoms with E-state index in [1.165, 1.54) is 18.6 Å². The number of carbonyl (C=O) groups is 1. The van der Waals surface area contributed by atoms with Gasteiger partial charge in [-0.15, -0.1) is 0 Å². The van der Waals surface area contributed by atoms with Crippen molar-refractivity contribution < 1.29 is 4.79 Å². The van der Waals surface area contributed by atoms with E-state index in [4.69, 9.17) is 0 Å². The molecule has 2 aromatic rings. The second-order valence-corrected chi connectivity index (χ2v) is 5.22. The molecule has 2 heterocycles. The lowest BCUT2D eigenvalue weighted by Crippen LogP contribution is -2.16. The quantitative estimate of drug-likeness (QED) is 0.896. The van der Waals surface area contributed by atoms with Crippen LogP contribution < -0.4 is 5.32 Å². The van der Waals surface area contributed by atoms with Crippen molar-refractivity contribution in [3.8, 4) is 0 Å². The van der Waals surface area contributed by atoms with E-state index in [0.717, 1.165) is 5.69 Å². The van der Waals surface area contributed by atoms with Gasteiger partial charge in [0.25, 0.3) is 5.91 Å². The summed E-state index contributed by atoms with van der Waals surface area (Å²) in [6, 6.07) is 3.62. The molecular formula is C14H16N4O. The van der Waals surface area contributed by atoms with Crippen LogP contribution >= 0.6 is 0 Å². The summed E-state index contributed by atoms with van der Waals surface area (Å²) in [5.74, 6) is -0.279. The smallest absolute Gasteiger partial charge is 0.275 e. The van der Waals surface area contributed by atoms with Crippen LogP contribution in [0.1, 0.15) is 37.0 Å². The van der Waals surface area contributed by atoms with Crippen molar-refractivity contribution in [2.24, 2.45) is 0 Å². The third kappa shape index (κ3) is 3.34. The molecule has 5 nitrogen and oxygen atoms in total. The molecule has 0 radical (unpaired) electrons. The second kappa shape index (κ2) is 5.14. The summed E-state index contributed by atoms with van der Waals surface area (Å²) in [6.45, 7) is 6.22. The second-order valence-electron chi connectivity index (χ2n) is 5.22. The lowest BCUT2D eigenvalue weighted by atomic mass is 9.91. The highest BCUT2D eigenvalue weighted by Crippen LogP contribution is 2.22. The average molecular weight is 256 g/mol. The van der Waals surface area contributed by atoms with Gasteiger partial charge in [0.05, 0.1) is 6.20 Å². The number of nitrogens with one attached hydrogen (secondary N) is 1. The molecule has 0 aromatic carbocycles. The van der Waals surface area contributed by atoms with Crippen LogP contribution in [-0.4, -0.2) is 20.9 Å². The van der Waals surface area contributed by atoms with Crippen LogP contribution in [0.25, 0.3) is 0 Å². The Kier molecular flexibility index (Phi) is 3.55. The van der Waals surface area contributed by atoms with Gasteiger partial charge in [-0.25, -0.2) is 4.98 Å². The molecule has 0 aliphatic rings. The van der Waals surface area contributed by atoms with E-state index in [-0.39, 0.29) is 17.0 Å². The zero-order valence-electron chi connectivity index (χ0n) is 11.2. The third-order valence-electron chi connectivity index (χ3n) is 2.58. The Hall–Kier alpha value is -2.30.